The first-order valence-corrected chi connectivity index (χ1v) is 9.64. The van der Waals surface area contributed by atoms with E-state index in [1.807, 2.05) is 19.1 Å². The van der Waals surface area contributed by atoms with E-state index in [1.54, 1.807) is 13.0 Å². The molecule has 0 aliphatic heterocycles. The molecule has 0 radical (unpaired) electrons. The largest absolute Gasteiger partial charge is 0.461 e. The lowest BCUT2D eigenvalue weighted by Crippen LogP contribution is -2.27. The van der Waals surface area contributed by atoms with Crippen LogP contribution in [0, 0.1) is 27.9 Å². The standard InChI is InChI=1S/C21H23NO7/c1-3-13-4-5-15-14(8-21(25)29-19(15)7-13)11-28-20(24)9-16-17(10-22(26)27)12(2)6-18(16)23/h4-5,7-8,12,16-17H,3,6,9-11H2,1-2H3/t12-,16+,17+/m1/s1. The van der Waals surface area contributed by atoms with Crippen LogP contribution in [0.15, 0.2) is 33.5 Å². The number of benzene rings is 1. The van der Waals surface area contributed by atoms with Gasteiger partial charge in [0, 0.05) is 40.2 Å². The number of hydrogen-bond donors (Lipinski definition) is 0. The molecule has 1 aliphatic carbocycles. The topological polar surface area (TPSA) is 117 Å². The number of aryl methyl sites for hydroxylation is 1. The Morgan fingerprint density at radius 3 is 2.76 bits per heavy atom. The average Bonchev–Trinajstić information content (AvgIpc) is 2.91. The van der Waals surface area contributed by atoms with E-state index in [4.69, 9.17) is 9.15 Å². The summed E-state index contributed by atoms with van der Waals surface area (Å²) in [6.45, 7) is 3.30. The molecule has 0 N–H and O–H groups in total. The molecular formula is C21H23NO7. The lowest BCUT2D eigenvalue weighted by molar-refractivity contribution is -0.490. The highest BCUT2D eigenvalue weighted by Crippen LogP contribution is 2.36. The van der Waals surface area contributed by atoms with Gasteiger partial charge < -0.3 is 9.15 Å². The molecule has 0 amide bonds. The monoisotopic (exact) mass is 401 g/mol. The fourth-order valence-electron chi connectivity index (χ4n) is 4.01. The van der Waals surface area contributed by atoms with Crippen LogP contribution >= 0.6 is 0 Å². The first kappa shape index (κ1) is 20.7. The summed E-state index contributed by atoms with van der Waals surface area (Å²) in [6.07, 6.45) is 0.833. The minimum absolute atomic E-state index is 0.136. The van der Waals surface area contributed by atoms with Gasteiger partial charge in [0.15, 0.2) is 0 Å². The van der Waals surface area contributed by atoms with Crippen molar-refractivity contribution >= 4 is 22.7 Å². The molecule has 1 heterocycles. The normalized spacial score (nSPS) is 21.4. The van der Waals surface area contributed by atoms with Crippen molar-refractivity contribution in [2.75, 3.05) is 6.54 Å². The highest BCUT2D eigenvalue weighted by Gasteiger charge is 2.44. The summed E-state index contributed by atoms with van der Waals surface area (Å²) in [5.41, 5.74) is 1.41. The number of ether oxygens (including phenoxy) is 1. The summed E-state index contributed by atoms with van der Waals surface area (Å²) in [7, 11) is 0. The number of rotatable bonds is 7. The fraction of sp³-hybridized carbons (Fsp3) is 0.476. The van der Waals surface area contributed by atoms with Gasteiger partial charge in [0.25, 0.3) is 0 Å². The molecule has 1 saturated carbocycles. The van der Waals surface area contributed by atoms with Gasteiger partial charge in [-0.3, -0.25) is 19.7 Å². The molecule has 0 saturated heterocycles. The van der Waals surface area contributed by atoms with Crippen LogP contribution < -0.4 is 5.63 Å². The second kappa shape index (κ2) is 8.55. The average molecular weight is 401 g/mol. The van der Waals surface area contributed by atoms with Crippen molar-refractivity contribution < 1.29 is 23.7 Å². The predicted molar refractivity (Wildman–Crippen MR) is 104 cm³/mol. The van der Waals surface area contributed by atoms with Gasteiger partial charge in [-0.05, 0) is 24.0 Å². The van der Waals surface area contributed by atoms with Crippen molar-refractivity contribution in [1.29, 1.82) is 0 Å². The SMILES string of the molecule is CCc1ccc2c(COC(=O)C[C@@H]3C(=O)C[C@@H](C)[C@@H]3C[N+](=O)[O-])cc(=O)oc2c1. The minimum atomic E-state index is -0.701. The molecule has 29 heavy (non-hydrogen) atoms. The zero-order chi connectivity index (χ0) is 21.1. The number of nitrogens with zero attached hydrogens (tertiary/aromatic N) is 1. The van der Waals surface area contributed by atoms with Crippen LogP contribution in [0.1, 0.15) is 37.8 Å². The summed E-state index contributed by atoms with van der Waals surface area (Å²) < 4.78 is 10.5. The van der Waals surface area contributed by atoms with Gasteiger partial charge >= 0.3 is 11.6 Å². The number of ketones is 1. The van der Waals surface area contributed by atoms with Gasteiger partial charge in [0.1, 0.15) is 18.0 Å². The van der Waals surface area contributed by atoms with E-state index in [-0.39, 0.29) is 37.7 Å². The maximum atomic E-state index is 12.3. The second-order valence-electron chi connectivity index (χ2n) is 7.57. The number of Topliss-reactive ketones (excluding diaryl/α,β-unsaturated/α-hetero) is 1. The van der Waals surface area contributed by atoms with Crippen molar-refractivity contribution in [3.05, 3.63) is 55.9 Å². The minimum Gasteiger partial charge on any atom is -0.461 e. The lowest BCUT2D eigenvalue weighted by atomic mass is 9.88. The molecule has 3 rings (SSSR count). The second-order valence-corrected chi connectivity index (χ2v) is 7.57. The maximum Gasteiger partial charge on any atom is 0.336 e. The van der Waals surface area contributed by atoms with Crippen LogP contribution in [0.5, 0.6) is 0 Å². The lowest BCUT2D eigenvalue weighted by Gasteiger charge is -2.17. The number of carbonyl (C=O) groups excluding carboxylic acids is 2. The summed E-state index contributed by atoms with van der Waals surface area (Å²) >= 11 is 0. The van der Waals surface area contributed by atoms with Crippen molar-refractivity contribution in [2.24, 2.45) is 17.8 Å². The van der Waals surface area contributed by atoms with Crippen LogP contribution in [-0.4, -0.2) is 23.2 Å². The van der Waals surface area contributed by atoms with Crippen molar-refractivity contribution in [3.8, 4) is 0 Å². The molecule has 0 spiro atoms. The maximum absolute atomic E-state index is 12.3. The highest BCUT2D eigenvalue weighted by molar-refractivity contribution is 5.88. The van der Waals surface area contributed by atoms with Crippen LogP contribution in [-0.2, 0) is 27.4 Å². The molecule has 8 heteroatoms. The van der Waals surface area contributed by atoms with E-state index in [9.17, 15) is 24.5 Å². The Kier molecular flexibility index (Phi) is 6.10. The van der Waals surface area contributed by atoms with E-state index in [2.05, 4.69) is 0 Å². The van der Waals surface area contributed by atoms with Gasteiger partial charge in [-0.15, -0.1) is 0 Å². The molecule has 1 fully saturated rings. The van der Waals surface area contributed by atoms with Gasteiger partial charge in [-0.2, -0.15) is 0 Å². The number of hydrogen-bond acceptors (Lipinski definition) is 7. The number of carbonyl (C=O) groups is 2. The van der Waals surface area contributed by atoms with Gasteiger partial charge in [0.2, 0.25) is 6.54 Å². The summed E-state index contributed by atoms with van der Waals surface area (Å²) in [5.74, 6) is -2.06. The smallest absolute Gasteiger partial charge is 0.336 e. The van der Waals surface area contributed by atoms with E-state index < -0.39 is 28.4 Å². The Balaban J connectivity index is 1.71. The molecule has 0 unspecified atom stereocenters. The first-order chi connectivity index (χ1) is 13.8. The molecule has 1 aliphatic rings. The predicted octanol–water partition coefficient (Wildman–Crippen LogP) is 2.91. The molecule has 2 aromatic rings. The van der Waals surface area contributed by atoms with E-state index >= 15 is 0 Å². The first-order valence-electron chi connectivity index (χ1n) is 9.64. The molecule has 8 nitrogen and oxygen atoms in total. The van der Waals surface area contributed by atoms with E-state index in [1.165, 1.54) is 6.07 Å². The van der Waals surface area contributed by atoms with E-state index in [0.29, 0.717) is 16.5 Å². The summed E-state index contributed by atoms with van der Waals surface area (Å²) in [6, 6.07) is 6.78. The molecule has 1 aromatic heterocycles. The summed E-state index contributed by atoms with van der Waals surface area (Å²) in [5, 5.41) is 11.6. The third-order valence-corrected chi connectivity index (χ3v) is 5.62. The van der Waals surface area contributed by atoms with Gasteiger partial charge in [-0.1, -0.05) is 26.0 Å². The van der Waals surface area contributed by atoms with Crippen molar-refractivity contribution in [1.82, 2.24) is 0 Å². The molecule has 1 aromatic carbocycles. The number of nitro groups is 1. The zero-order valence-corrected chi connectivity index (χ0v) is 16.4. The van der Waals surface area contributed by atoms with Crippen LogP contribution in [0.2, 0.25) is 0 Å². The van der Waals surface area contributed by atoms with Crippen molar-refractivity contribution in [3.63, 3.8) is 0 Å². The Hall–Kier alpha value is -3.03. The molecule has 0 bridgehead atoms. The molecular weight excluding hydrogens is 378 g/mol. The fourth-order valence-corrected chi connectivity index (χ4v) is 4.01. The van der Waals surface area contributed by atoms with Crippen molar-refractivity contribution in [2.45, 2.75) is 39.7 Å². The number of fused-ring (bicyclic) bond motifs is 1. The Bertz CT molecular complexity index is 1010. The quantitative estimate of drug-likeness (QED) is 0.303. The Labute approximate surface area is 167 Å². The van der Waals surface area contributed by atoms with Gasteiger partial charge in [0.05, 0.1) is 6.42 Å². The zero-order valence-electron chi connectivity index (χ0n) is 16.4. The van der Waals surface area contributed by atoms with Crippen LogP contribution in [0.3, 0.4) is 0 Å². The van der Waals surface area contributed by atoms with Crippen LogP contribution in [0.4, 0.5) is 0 Å². The Morgan fingerprint density at radius 1 is 1.31 bits per heavy atom. The van der Waals surface area contributed by atoms with E-state index in [0.717, 1.165) is 12.0 Å². The third-order valence-electron chi connectivity index (χ3n) is 5.62. The third kappa shape index (κ3) is 4.70. The molecule has 3 atom stereocenters. The molecule has 154 valence electrons. The van der Waals surface area contributed by atoms with Gasteiger partial charge in [-0.25, -0.2) is 4.79 Å². The van der Waals surface area contributed by atoms with Crippen LogP contribution in [0.25, 0.3) is 11.0 Å². The highest BCUT2D eigenvalue weighted by atomic mass is 16.6. The summed E-state index contributed by atoms with van der Waals surface area (Å²) in [4.78, 5) is 46.8. The number of esters is 1. The Morgan fingerprint density at radius 2 is 2.07 bits per heavy atom.